The molecule has 0 N–H and O–H groups in total. The first-order valence-electron chi connectivity index (χ1n) is 4.42. The van der Waals surface area contributed by atoms with Crippen LogP contribution < -0.4 is 0 Å². The molecule has 2 heterocycles. The van der Waals surface area contributed by atoms with Gasteiger partial charge in [-0.1, -0.05) is 0 Å². The van der Waals surface area contributed by atoms with Crippen molar-refractivity contribution in [3.8, 4) is 0 Å². The van der Waals surface area contributed by atoms with Crippen molar-refractivity contribution in [2.24, 2.45) is 0 Å². The zero-order valence-corrected chi connectivity index (χ0v) is 9.45. The van der Waals surface area contributed by atoms with Gasteiger partial charge in [0.2, 0.25) is 0 Å². The van der Waals surface area contributed by atoms with Crippen LogP contribution in [-0.4, -0.2) is 39.8 Å². The summed E-state index contributed by atoms with van der Waals surface area (Å²) >= 11 is 3.38. The Morgan fingerprint density at radius 1 is 1.46 bits per heavy atom. The zero-order chi connectivity index (χ0) is 9.42. The summed E-state index contributed by atoms with van der Waals surface area (Å²) in [7, 11) is 4.23. The van der Waals surface area contributed by atoms with Crippen LogP contribution in [0.15, 0.2) is 4.73 Å². The third-order valence-corrected chi connectivity index (χ3v) is 3.20. The van der Waals surface area contributed by atoms with E-state index in [4.69, 9.17) is 0 Å². The molecule has 1 aliphatic heterocycles. The molecule has 5 heteroatoms. The average Bonchev–Trinajstić information content (AvgIpc) is 2.47. The number of aromatic nitrogens is 3. The fourth-order valence-corrected chi connectivity index (χ4v) is 2.18. The summed E-state index contributed by atoms with van der Waals surface area (Å²) in [6.07, 6.45) is 2.18. The Bertz CT molecular complexity index is 307. The number of fused-ring (bicyclic) bond motifs is 1. The second kappa shape index (κ2) is 3.38. The van der Waals surface area contributed by atoms with Crippen LogP contribution in [0.5, 0.6) is 0 Å². The summed E-state index contributed by atoms with van der Waals surface area (Å²) in [6, 6.07) is 0.614. The smallest absolute Gasteiger partial charge is 0.200 e. The highest BCUT2D eigenvalue weighted by molar-refractivity contribution is 9.10. The lowest BCUT2D eigenvalue weighted by Gasteiger charge is -2.28. The summed E-state index contributed by atoms with van der Waals surface area (Å²) in [5.41, 5.74) is 0. The lowest BCUT2D eigenvalue weighted by molar-refractivity contribution is 0.242. The molecule has 1 unspecified atom stereocenters. The largest absolute Gasteiger partial charge is 0.306 e. The van der Waals surface area contributed by atoms with E-state index in [2.05, 4.69) is 49.7 Å². The summed E-state index contributed by atoms with van der Waals surface area (Å²) in [6.45, 7) is 1.02. The summed E-state index contributed by atoms with van der Waals surface area (Å²) < 4.78 is 3.00. The lowest BCUT2D eigenvalue weighted by Crippen LogP contribution is -2.35. The van der Waals surface area contributed by atoms with E-state index in [1.165, 1.54) is 6.42 Å². The molecule has 0 radical (unpaired) electrons. The second-order valence-corrected chi connectivity index (χ2v) is 4.36. The predicted octanol–water partition coefficient (Wildman–Crippen LogP) is 0.917. The molecular formula is C8H13BrN4. The predicted molar refractivity (Wildman–Crippen MR) is 53.5 cm³/mol. The van der Waals surface area contributed by atoms with Crippen molar-refractivity contribution in [2.45, 2.75) is 25.4 Å². The number of nitrogens with zero attached hydrogens (tertiary/aromatic N) is 4. The fraction of sp³-hybridized carbons (Fsp3) is 0.750. The van der Waals surface area contributed by atoms with Crippen molar-refractivity contribution in [3.63, 3.8) is 0 Å². The van der Waals surface area contributed by atoms with Crippen LogP contribution in [0.4, 0.5) is 0 Å². The van der Waals surface area contributed by atoms with Gasteiger partial charge in [-0.15, -0.1) is 10.2 Å². The minimum atomic E-state index is 0.614. The third-order valence-electron chi connectivity index (χ3n) is 2.62. The minimum absolute atomic E-state index is 0.614. The molecule has 0 amide bonds. The van der Waals surface area contributed by atoms with Crippen molar-refractivity contribution in [1.29, 1.82) is 0 Å². The highest BCUT2D eigenvalue weighted by atomic mass is 79.9. The van der Waals surface area contributed by atoms with Gasteiger partial charge in [0.1, 0.15) is 5.82 Å². The maximum absolute atomic E-state index is 4.13. The normalized spacial score (nSPS) is 22.0. The van der Waals surface area contributed by atoms with E-state index < -0.39 is 0 Å². The monoisotopic (exact) mass is 244 g/mol. The Morgan fingerprint density at radius 2 is 2.23 bits per heavy atom. The van der Waals surface area contributed by atoms with Crippen LogP contribution in [-0.2, 0) is 13.0 Å². The van der Waals surface area contributed by atoms with E-state index in [1.807, 2.05) is 0 Å². The molecule has 1 aromatic heterocycles. The van der Waals surface area contributed by atoms with Gasteiger partial charge >= 0.3 is 0 Å². The Hall–Kier alpha value is -0.420. The molecule has 0 fully saturated rings. The molecule has 0 bridgehead atoms. The molecule has 0 saturated carbocycles. The van der Waals surface area contributed by atoms with Crippen molar-refractivity contribution in [3.05, 3.63) is 10.6 Å². The van der Waals surface area contributed by atoms with Gasteiger partial charge in [0.05, 0.1) is 0 Å². The topological polar surface area (TPSA) is 34.0 Å². The van der Waals surface area contributed by atoms with Crippen LogP contribution in [0.2, 0.25) is 0 Å². The van der Waals surface area contributed by atoms with Gasteiger partial charge in [-0.05, 0) is 36.4 Å². The molecule has 0 saturated heterocycles. The van der Waals surface area contributed by atoms with Crippen LogP contribution in [0.25, 0.3) is 0 Å². The molecule has 13 heavy (non-hydrogen) atoms. The van der Waals surface area contributed by atoms with Gasteiger partial charge in [0.25, 0.3) is 0 Å². The van der Waals surface area contributed by atoms with Gasteiger partial charge < -0.3 is 9.47 Å². The SMILES string of the molecule is CN(C)C1CCn2c(Br)nnc2C1. The zero-order valence-electron chi connectivity index (χ0n) is 7.87. The van der Waals surface area contributed by atoms with E-state index in [9.17, 15) is 0 Å². The first-order valence-corrected chi connectivity index (χ1v) is 5.22. The standard InChI is InChI=1S/C8H13BrN4/c1-12(2)6-3-4-13-7(5-6)10-11-8(13)9/h6H,3-5H2,1-2H3. The molecule has 0 spiro atoms. The molecule has 0 aliphatic carbocycles. The van der Waals surface area contributed by atoms with Crippen molar-refractivity contribution < 1.29 is 0 Å². The quantitative estimate of drug-likeness (QED) is 0.737. The molecule has 1 atom stereocenters. The summed E-state index contributed by atoms with van der Waals surface area (Å²) in [5, 5.41) is 8.13. The lowest BCUT2D eigenvalue weighted by atomic mass is 10.1. The van der Waals surface area contributed by atoms with E-state index in [1.54, 1.807) is 0 Å². The minimum Gasteiger partial charge on any atom is -0.306 e. The first-order chi connectivity index (χ1) is 6.18. The van der Waals surface area contributed by atoms with Gasteiger partial charge in [-0.3, -0.25) is 0 Å². The maximum atomic E-state index is 4.13. The molecule has 2 rings (SSSR count). The van der Waals surface area contributed by atoms with E-state index in [-0.39, 0.29) is 0 Å². The summed E-state index contributed by atoms with van der Waals surface area (Å²) in [4.78, 5) is 2.26. The second-order valence-electron chi connectivity index (χ2n) is 3.65. The van der Waals surface area contributed by atoms with Crippen LogP contribution in [0.3, 0.4) is 0 Å². The molecule has 4 nitrogen and oxygen atoms in total. The van der Waals surface area contributed by atoms with Crippen LogP contribution >= 0.6 is 15.9 Å². The molecule has 1 aliphatic rings. The van der Waals surface area contributed by atoms with Crippen LogP contribution in [0.1, 0.15) is 12.2 Å². The highest BCUT2D eigenvalue weighted by Gasteiger charge is 2.23. The Labute approximate surface area is 86.1 Å². The van der Waals surface area contributed by atoms with Crippen LogP contribution in [0, 0.1) is 0 Å². The Morgan fingerprint density at radius 3 is 2.92 bits per heavy atom. The van der Waals surface area contributed by atoms with E-state index >= 15 is 0 Å². The van der Waals surface area contributed by atoms with Crippen molar-refractivity contribution in [2.75, 3.05) is 14.1 Å². The van der Waals surface area contributed by atoms with Crippen molar-refractivity contribution >= 4 is 15.9 Å². The van der Waals surface area contributed by atoms with Gasteiger partial charge in [-0.25, -0.2) is 0 Å². The third kappa shape index (κ3) is 1.62. The Balaban J connectivity index is 2.21. The van der Waals surface area contributed by atoms with E-state index in [0.717, 1.165) is 23.5 Å². The van der Waals surface area contributed by atoms with E-state index in [0.29, 0.717) is 6.04 Å². The number of likely N-dealkylation sites (N-methyl/N-ethyl adjacent to an activating group) is 1. The summed E-state index contributed by atoms with van der Waals surface area (Å²) in [5.74, 6) is 1.09. The first kappa shape index (κ1) is 9.15. The van der Waals surface area contributed by atoms with Crippen molar-refractivity contribution in [1.82, 2.24) is 19.7 Å². The number of rotatable bonds is 1. The average molecular weight is 245 g/mol. The Kier molecular flexibility index (Phi) is 2.38. The molecule has 1 aromatic rings. The number of halogens is 1. The fourth-order valence-electron chi connectivity index (χ4n) is 1.72. The molecule has 72 valence electrons. The van der Waals surface area contributed by atoms with Gasteiger partial charge in [0.15, 0.2) is 4.73 Å². The van der Waals surface area contributed by atoms with Gasteiger partial charge in [-0.2, -0.15) is 0 Å². The van der Waals surface area contributed by atoms with Gasteiger partial charge in [0, 0.05) is 19.0 Å². The number of hydrogen-bond donors (Lipinski definition) is 0. The highest BCUT2D eigenvalue weighted by Crippen LogP contribution is 2.20. The maximum Gasteiger partial charge on any atom is 0.200 e. The molecule has 0 aromatic carbocycles. The molecular weight excluding hydrogens is 232 g/mol. The number of hydrogen-bond acceptors (Lipinski definition) is 3.